The second-order valence-corrected chi connectivity index (χ2v) is 5.78. The van der Waals surface area contributed by atoms with E-state index in [0.29, 0.717) is 10.6 Å². The highest BCUT2D eigenvalue weighted by molar-refractivity contribution is 6.36. The van der Waals surface area contributed by atoms with Crippen LogP contribution in [0.2, 0.25) is 10.0 Å². The van der Waals surface area contributed by atoms with Crippen molar-refractivity contribution in [1.82, 2.24) is 4.98 Å². The number of carbonyl (C=O) groups is 2. The van der Waals surface area contributed by atoms with Crippen molar-refractivity contribution in [3.63, 3.8) is 0 Å². The second kappa shape index (κ2) is 8.60. The minimum atomic E-state index is -1.07. The van der Waals surface area contributed by atoms with Crippen molar-refractivity contribution in [2.45, 2.75) is 13.0 Å². The van der Waals surface area contributed by atoms with Crippen molar-refractivity contribution < 1.29 is 18.7 Å². The third-order valence-corrected chi connectivity index (χ3v) is 3.49. The number of ether oxygens (including phenoxy) is 1. The largest absolute Gasteiger partial charge is 0.449 e. The first-order valence-electron chi connectivity index (χ1n) is 7.11. The summed E-state index contributed by atoms with van der Waals surface area (Å²) in [5.74, 6) is -1.58. The van der Waals surface area contributed by atoms with Gasteiger partial charge in [-0.3, -0.25) is 4.79 Å². The lowest BCUT2D eigenvalue weighted by molar-refractivity contribution is -0.148. The van der Waals surface area contributed by atoms with E-state index in [9.17, 15) is 14.0 Å². The Balaban J connectivity index is 1.91. The van der Waals surface area contributed by atoms with Crippen LogP contribution in [0.1, 0.15) is 12.5 Å². The molecule has 25 heavy (non-hydrogen) atoms. The Morgan fingerprint density at radius 1 is 1.28 bits per heavy atom. The van der Waals surface area contributed by atoms with Crippen LogP contribution >= 0.6 is 23.2 Å². The molecule has 0 aliphatic rings. The van der Waals surface area contributed by atoms with Gasteiger partial charge >= 0.3 is 5.97 Å². The summed E-state index contributed by atoms with van der Waals surface area (Å²) >= 11 is 11.6. The Bertz CT molecular complexity index is 810. The van der Waals surface area contributed by atoms with Crippen molar-refractivity contribution in [3.8, 4) is 0 Å². The van der Waals surface area contributed by atoms with Gasteiger partial charge in [-0.25, -0.2) is 14.2 Å². The van der Waals surface area contributed by atoms with Gasteiger partial charge in [0.25, 0.3) is 5.91 Å². The summed E-state index contributed by atoms with van der Waals surface area (Å²) in [6.45, 7) is 1.41. The van der Waals surface area contributed by atoms with E-state index in [-0.39, 0.29) is 16.7 Å². The van der Waals surface area contributed by atoms with Crippen LogP contribution in [0.3, 0.4) is 0 Å². The number of carbonyl (C=O) groups excluding carboxylic acids is 2. The third kappa shape index (κ3) is 5.85. The topological polar surface area (TPSA) is 68.3 Å². The molecule has 1 heterocycles. The molecule has 0 spiro atoms. The number of esters is 1. The average molecular weight is 383 g/mol. The van der Waals surface area contributed by atoms with Crippen LogP contribution in [0.15, 0.2) is 42.6 Å². The Hall–Kier alpha value is -2.44. The molecule has 8 heteroatoms. The summed E-state index contributed by atoms with van der Waals surface area (Å²) in [6, 6.07) is 6.97. The number of benzene rings is 1. The maximum absolute atomic E-state index is 12.8. The number of nitrogens with one attached hydrogen (secondary N) is 1. The molecular weight excluding hydrogens is 370 g/mol. The quantitative estimate of drug-likeness (QED) is 0.623. The van der Waals surface area contributed by atoms with Crippen LogP contribution in [0, 0.1) is 5.82 Å². The number of aromatic nitrogens is 1. The molecule has 1 atom stereocenters. The van der Waals surface area contributed by atoms with Gasteiger partial charge in [0.15, 0.2) is 11.9 Å². The first kappa shape index (κ1) is 18.9. The van der Waals surface area contributed by atoms with E-state index in [0.717, 1.165) is 6.08 Å². The van der Waals surface area contributed by atoms with Gasteiger partial charge in [-0.15, -0.1) is 0 Å². The number of hydrogen-bond donors (Lipinski definition) is 1. The van der Waals surface area contributed by atoms with Crippen molar-refractivity contribution in [2.75, 3.05) is 5.32 Å². The second-order valence-electron chi connectivity index (χ2n) is 4.94. The monoisotopic (exact) mass is 382 g/mol. The van der Waals surface area contributed by atoms with Crippen LogP contribution < -0.4 is 5.32 Å². The number of halogens is 3. The fraction of sp³-hybridized carbons (Fsp3) is 0.118. The van der Waals surface area contributed by atoms with Gasteiger partial charge in [0.1, 0.15) is 5.82 Å². The zero-order valence-electron chi connectivity index (χ0n) is 13.0. The summed E-state index contributed by atoms with van der Waals surface area (Å²) in [7, 11) is 0. The standard InChI is InChI=1S/C17H13Cl2FN2O3/c1-10(17(24)22-16-14(19)8-12(18)9-21-16)25-15(23)7-4-11-2-5-13(20)6-3-11/h2-10H,1H3,(H,21,22,24). The molecule has 5 nitrogen and oxygen atoms in total. The molecule has 0 radical (unpaired) electrons. The SMILES string of the molecule is CC(OC(=O)C=Cc1ccc(F)cc1)C(=O)Nc1ncc(Cl)cc1Cl. The molecule has 0 aliphatic heterocycles. The van der Waals surface area contributed by atoms with Crippen molar-refractivity contribution in [2.24, 2.45) is 0 Å². The maximum atomic E-state index is 12.8. The molecule has 0 saturated carbocycles. The lowest BCUT2D eigenvalue weighted by Crippen LogP contribution is -2.29. The zero-order chi connectivity index (χ0) is 18.4. The molecule has 0 bridgehead atoms. The van der Waals surface area contributed by atoms with E-state index < -0.39 is 18.0 Å². The normalized spacial score (nSPS) is 12.0. The average Bonchev–Trinajstić information content (AvgIpc) is 2.56. The van der Waals surface area contributed by atoms with Gasteiger partial charge in [-0.1, -0.05) is 35.3 Å². The van der Waals surface area contributed by atoms with Crippen molar-refractivity contribution >= 4 is 47.0 Å². The highest BCUT2D eigenvalue weighted by Crippen LogP contribution is 2.22. The van der Waals surface area contributed by atoms with Crippen LogP contribution in [0.25, 0.3) is 6.08 Å². The van der Waals surface area contributed by atoms with E-state index in [4.69, 9.17) is 27.9 Å². The lowest BCUT2D eigenvalue weighted by atomic mass is 10.2. The molecule has 1 unspecified atom stereocenters. The van der Waals surface area contributed by atoms with Crippen LogP contribution in [0.5, 0.6) is 0 Å². The maximum Gasteiger partial charge on any atom is 0.331 e. The summed E-state index contributed by atoms with van der Waals surface area (Å²) in [5, 5.41) is 2.93. The predicted molar refractivity (Wildman–Crippen MR) is 93.9 cm³/mol. The highest BCUT2D eigenvalue weighted by atomic mass is 35.5. The van der Waals surface area contributed by atoms with Crippen LogP contribution in [-0.2, 0) is 14.3 Å². The van der Waals surface area contributed by atoms with Gasteiger partial charge in [0.05, 0.1) is 10.0 Å². The highest BCUT2D eigenvalue weighted by Gasteiger charge is 2.18. The van der Waals surface area contributed by atoms with Crippen molar-refractivity contribution in [1.29, 1.82) is 0 Å². The summed E-state index contributed by atoms with van der Waals surface area (Å²) in [6.07, 6.45) is 2.85. The number of nitrogens with zero attached hydrogens (tertiary/aromatic N) is 1. The predicted octanol–water partition coefficient (Wildman–Crippen LogP) is 4.11. The number of hydrogen-bond acceptors (Lipinski definition) is 4. The minimum Gasteiger partial charge on any atom is -0.449 e. The van der Waals surface area contributed by atoms with E-state index in [1.807, 2.05) is 0 Å². The molecule has 2 rings (SSSR count). The third-order valence-electron chi connectivity index (χ3n) is 2.99. The lowest BCUT2D eigenvalue weighted by Gasteiger charge is -2.12. The number of pyridine rings is 1. The van der Waals surface area contributed by atoms with E-state index in [1.54, 1.807) is 0 Å². The Morgan fingerprint density at radius 2 is 1.96 bits per heavy atom. The van der Waals surface area contributed by atoms with Crippen LogP contribution in [-0.4, -0.2) is 23.0 Å². The smallest absolute Gasteiger partial charge is 0.331 e. The molecule has 1 aromatic carbocycles. The van der Waals surface area contributed by atoms with Crippen LogP contribution in [0.4, 0.5) is 10.2 Å². The summed E-state index contributed by atoms with van der Waals surface area (Å²) < 4.78 is 17.8. The molecule has 0 saturated heterocycles. The Labute approximate surface area is 153 Å². The molecule has 1 N–H and O–H groups in total. The Kier molecular flexibility index (Phi) is 6.50. The van der Waals surface area contributed by atoms with Crippen molar-refractivity contribution in [3.05, 3.63) is 64.0 Å². The van der Waals surface area contributed by atoms with E-state index in [2.05, 4.69) is 10.3 Å². The van der Waals surface area contributed by atoms with Gasteiger partial charge in [-0.2, -0.15) is 0 Å². The fourth-order valence-electron chi connectivity index (χ4n) is 1.73. The zero-order valence-corrected chi connectivity index (χ0v) is 14.5. The van der Waals surface area contributed by atoms with E-state index >= 15 is 0 Å². The molecule has 130 valence electrons. The van der Waals surface area contributed by atoms with E-state index in [1.165, 1.54) is 49.5 Å². The van der Waals surface area contributed by atoms with Gasteiger partial charge in [-0.05, 0) is 36.8 Å². The molecule has 1 aromatic heterocycles. The van der Waals surface area contributed by atoms with Gasteiger partial charge in [0, 0.05) is 12.3 Å². The molecule has 2 aromatic rings. The molecule has 0 fully saturated rings. The van der Waals surface area contributed by atoms with Gasteiger partial charge < -0.3 is 10.1 Å². The molecule has 0 aliphatic carbocycles. The number of amides is 1. The molecular formula is C17H13Cl2FN2O3. The Morgan fingerprint density at radius 3 is 2.60 bits per heavy atom. The van der Waals surface area contributed by atoms with Gasteiger partial charge in [0.2, 0.25) is 0 Å². The number of anilines is 1. The fourth-order valence-corrected chi connectivity index (χ4v) is 2.16. The number of rotatable bonds is 5. The first-order valence-corrected chi connectivity index (χ1v) is 7.87. The molecule has 1 amide bonds. The minimum absolute atomic E-state index is 0.112. The first-order chi connectivity index (χ1) is 11.8. The summed E-state index contributed by atoms with van der Waals surface area (Å²) in [5.41, 5.74) is 0.618. The summed E-state index contributed by atoms with van der Waals surface area (Å²) in [4.78, 5) is 27.6.